The van der Waals surface area contributed by atoms with Crippen molar-refractivity contribution >= 4 is 22.1 Å². The van der Waals surface area contributed by atoms with Crippen LogP contribution in [0, 0.1) is 6.08 Å². The average Bonchev–Trinajstić information content (AvgIpc) is 3.05. The second-order valence-corrected chi connectivity index (χ2v) is 7.78. The Balaban J connectivity index is 0. The fourth-order valence-corrected chi connectivity index (χ4v) is 4.42. The van der Waals surface area contributed by atoms with E-state index in [9.17, 15) is 13.2 Å². The van der Waals surface area contributed by atoms with Gasteiger partial charge in [0.05, 0.1) is 0 Å². The first-order valence-electron chi connectivity index (χ1n) is 7.20. The van der Waals surface area contributed by atoms with Crippen molar-refractivity contribution in [2.45, 2.75) is 27.2 Å². The zero-order valence-corrected chi connectivity index (χ0v) is 27.9. The van der Waals surface area contributed by atoms with Crippen LogP contribution < -0.4 is 5.32 Å². The molecule has 2 aliphatic heterocycles. The summed E-state index contributed by atoms with van der Waals surface area (Å²) in [6.07, 6.45) is 6.14. The van der Waals surface area contributed by atoms with E-state index in [0.717, 1.165) is 15.5 Å². The quantitative estimate of drug-likeness (QED) is 0.445. The standard InChI is InChI=1S/C16H17N3O3S.4Y/c1-9-5-12-11(3)15(19(4)23(21,22)14(12)6-9)16(20)18-13-8-17-7-10(13)2;;;;/h5,7H2,1-4H3,(H,18,20);;;;/q-2;;;;. The van der Waals surface area contributed by atoms with E-state index >= 15 is 0 Å². The Morgan fingerprint density at radius 1 is 1.15 bits per heavy atom. The monoisotopic (exact) mass is 687 g/mol. The molecular weight excluding hydrogens is 670 g/mol. The first-order chi connectivity index (χ1) is 10.7. The summed E-state index contributed by atoms with van der Waals surface area (Å²) < 4.78 is 26.3. The van der Waals surface area contributed by atoms with Crippen molar-refractivity contribution in [3.8, 4) is 0 Å². The number of hydrogen-bond acceptors (Lipinski definition) is 4. The Bertz CT molecular complexity index is 887. The molecule has 1 amide bonds. The molecule has 3 aliphatic rings. The number of allylic oxidation sites excluding steroid dienone is 5. The van der Waals surface area contributed by atoms with E-state index in [-0.39, 0.29) is 141 Å². The van der Waals surface area contributed by atoms with Crippen molar-refractivity contribution in [2.24, 2.45) is 4.99 Å². The van der Waals surface area contributed by atoms with E-state index < -0.39 is 15.9 Å². The number of carbonyl (C=O) groups excluding carboxylic acids is 1. The zero-order valence-electron chi connectivity index (χ0n) is 15.8. The summed E-state index contributed by atoms with van der Waals surface area (Å²) in [4.78, 5) is 16.8. The van der Waals surface area contributed by atoms with Crippen LogP contribution >= 0.6 is 0 Å². The van der Waals surface area contributed by atoms with Gasteiger partial charge in [0, 0.05) is 138 Å². The number of nitrogens with one attached hydrogen (secondary N) is 1. The topological polar surface area (TPSA) is 78.8 Å². The van der Waals surface area contributed by atoms with Gasteiger partial charge < -0.3 is 10.3 Å². The summed E-state index contributed by atoms with van der Waals surface area (Å²) >= 11 is 0. The van der Waals surface area contributed by atoms with Crippen molar-refractivity contribution in [2.75, 3.05) is 13.6 Å². The minimum Gasteiger partial charge on any atom is -0.407 e. The maximum Gasteiger partial charge on any atom is 0.269 e. The molecule has 0 aromatic heterocycles. The molecular formula is C16H17N3O3SY4-2. The summed E-state index contributed by atoms with van der Waals surface area (Å²) in [5.41, 5.74) is 3.70. The second kappa shape index (κ2) is 12.3. The molecule has 0 saturated heterocycles. The maximum absolute atomic E-state index is 12.6. The normalized spacial score (nSPS) is 19.4. The number of sulfonamides is 1. The van der Waals surface area contributed by atoms with Gasteiger partial charge in [0.2, 0.25) is 10.0 Å². The van der Waals surface area contributed by atoms with Crippen LogP contribution in [0.25, 0.3) is 0 Å². The number of hydrogen-bond donors (Lipinski definition) is 1. The number of rotatable bonds is 2. The molecule has 11 heteroatoms. The zero-order chi connectivity index (χ0) is 16.9. The van der Waals surface area contributed by atoms with E-state index in [1.807, 2.05) is 13.8 Å². The Labute approximate surface area is 261 Å². The molecule has 0 aromatic carbocycles. The van der Waals surface area contributed by atoms with Crippen LogP contribution in [0.2, 0.25) is 0 Å². The van der Waals surface area contributed by atoms with Crippen molar-refractivity contribution < 1.29 is 144 Å². The van der Waals surface area contributed by atoms with E-state index in [1.165, 1.54) is 7.05 Å². The molecule has 0 aromatic rings. The van der Waals surface area contributed by atoms with Crippen molar-refractivity contribution in [1.29, 1.82) is 0 Å². The molecule has 0 spiro atoms. The first-order valence-corrected chi connectivity index (χ1v) is 8.64. The van der Waals surface area contributed by atoms with Crippen LogP contribution in [-0.2, 0) is 146 Å². The fraction of sp³-hybridized carbons (Fsp3) is 0.375. The predicted octanol–water partition coefficient (Wildman–Crippen LogP) is 1.28. The minimum absolute atomic E-state index is 0. The van der Waals surface area contributed by atoms with E-state index in [1.54, 1.807) is 6.92 Å². The number of likely N-dealkylation sites (N-methyl/N-ethyl adjacent to an activating group) is 1. The van der Waals surface area contributed by atoms with Crippen LogP contribution in [0.3, 0.4) is 0 Å². The predicted molar refractivity (Wildman–Crippen MR) is 86.6 cm³/mol. The summed E-state index contributed by atoms with van der Waals surface area (Å²) in [6.45, 7) is 5.94. The molecule has 0 saturated carbocycles. The minimum atomic E-state index is -3.74. The molecule has 134 valence electrons. The smallest absolute Gasteiger partial charge is 0.269 e. The van der Waals surface area contributed by atoms with Crippen LogP contribution in [0.1, 0.15) is 27.2 Å². The molecule has 0 unspecified atom stereocenters. The first kappa shape index (κ1) is 31.5. The van der Waals surface area contributed by atoms with E-state index in [0.29, 0.717) is 29.8 Å². The van der Waals surface area contributed by atoms with Gasteiger partial charge >= 0.3 is 0 Å². The third-order valence-corrected chi connectivity index (χ3v) is 5.94. The van der Waals surface area contributed by atoms with Gasteiger partial charge in [-0.3, -0.25) is 9.10 Å². The molecule has 4 radical (unpaired) electrons. The van der Waals surface area contributed by atoms with Crippen molar-refractivity contribution in [1.82, 2.24) is 9.62 Å². The fourth-order valence-electron chi connectivity index (χ4n) is 2.85. The third-order valence-electron chi connectivity index (χ3n) is 4.17. The summed E-state index contributed by atoms with van der Waals surface area (Å²) in [5.74, 6) is -0.469. The van der Waals surface area contributed by atoms with Gasteiger partial charge in [0.15, 0.2) is 0 Å². The van der Waals surface area contributed by atoms with Gasteiger partial charge in [0.1, 0.15) is 5.70 Å². The van der Waals surface area contributed by atoms with Crippen molar-refractivity contribution in [3.63, 3.8) is 0 Å². The summed E-state index contributed by atoms with van der Waals surface area (Å²) in [7, 11) is -2.35. The average molecular weight is 687 g/mol. The Morgan fingerprint density at radius 3 is 2.26 bits per heavy atom. The van der Waals surface area contributed by atoms with Crippen molar-refractivity contribution in [3.05, 3.63) is 44.7 Å². The van der Waals surface area contributed by atoms with Crippen LogP contribution in [0.5, 0.6) is 0 Å². The Morgan fingerprint density at radius 2 is 1.74 bits per heavy atom. The number of nitrogens with zero attached hydrogens (tertiary/aromatic N) is 2. The van der Waals surface area contributed by atoms with Gasteiger partial charge in [-0.05, 0) is 6.54 Å². The van der Waals surface area contributed by atoms with E-state index in [4.69, 9.17) is 0 Å². The molecule has 0 fully saturated rings. The maximum atomic E-state index is 12.6. The van der Waals surface area contributed by atoms with Gasteiger partial charge in [-0.1, -0.05) is 30.7 Å². The number of aliphatic imine (C=N–C) groups is 1. The van der Waals surface area contributed by atoms with Gasteiger partial charge in [0.25, 0.3) is 5.91 Å². The SMILES string of the molecule is CC1=[C-]C2=C(C1)C(C)=C(C(=O)NC1=C(C)CN=[C-]1)N(C)S2(=O)=O.[Y].[Y].[Y].[Y]. The van der Waals surface area contributed by atoms with Gasteiger partial charge in [-0.15, -0.1) is 18.8 Å². The third kappa shape index (κ3) is 6.16. The van der Waals surface area contributed by atoms with Gasteiger partial charge in [-0.25, -0.2) is 14.5 Å². The van der Waals surface area contributed by atoms with E-state index in [2.05, 4.69) is 22.6 Å². The molecule has 1 aliphatic carbocycles. The molecule has 0 atom stereocenters. The molecule has 27 heavy (non-hydrogen) atoms. The molecule has 2 heterocycles. The number of carbonyl (C=O) groups is 1. The Kier molecular flexibility index (Phi) is 14.4. The van der Waals surface area contributed by atoms with Crippen LogP contribution in [0.15, 0.2) is 43.6 Å². The molecule has 3 rings (SSSR count). The molecule has 1 N–H and O–H groups in total. The molecule has 0 bridgehead atoms. The summed E-state index contributed by atoms with van der Waals surface area (Å²) in [5, 5.41) is 2.71. The largest absolute Gasteiger partial charge is 0.407 e. The summed E-state index contributed by atoms with van der Waals surface area (Å²) in [6, 6.07) is 0. The van der Waals surface area contributed by atoms with Crippen LogP contribution in [-0.4, -0.2) is 38.4 Å². The van der Waals surface area contributed by atoms with Crippen LogP contribution in [0.4, 0.5) is 0 Å². The van der Waals surface area contributed by atoms with Gasteiger partial charge in [-0.2, -0.15) is 16.7 Å². The molecule has 6 nitrogen and oxygen atoms in total. The number of amides is 1. The Hall–Kier alpha value is 2.27. The second-order valence-electron chi connectivity index (χ2n) is 5.87.